The number of carbonyl (C=O) groups excluding carboxylic acids is 1. The second-order valence-electron chi connectivity index (χ2n) is 4.73. The lowest BCUT2D eigenvalue weighted by atomic mass is 9.96. The Balaban J connectivity index is 1.93. The van der Waals surface area contributed by atoms with Gasteiger partial charge in [0.15, 0.2) is 0 Å². The topological polar surface area (TPSA) is 34.9 Å². The van der Waals surface area contributed by atoms with E-state index in [4.69, 9.17) is 0 Å². The number of thioether (sulfide) groups is 1. The van der Waals surface area contributed by atoms with Gasteiger partial charge in [-0.2, -0.15) is 16.9 Å². The third-order valence-corrected chi connectivity index (χ3v) is 3.91. The Hall–Kier alpha value is -0.770. The quantitative estimate of drug-likeness (QED) is 0.808. The zero-order valence-corrected chi connectivity index (χ0v) is 11.2. The van der Waals surface area contributed by atoms with Crippen LogP contribution in [0.5, 0.6) is 0 Å². The summed E-state index contributed by atoms with van der Waals surface area (Å²) in [6.45, 7) is 0. The van der Waals surface area contributed by atoms with Crippen LogP contribution in [0, 0.1) is 0 Å². The molecule has 0 aliphatic heterocycles. The van der Waals surface area contributed by atoms with Crippen LogP contribution >= 0.6 is 11.8 Å². The van der Waals surface area contributed by atoms with E-state index in [1.54, 1.807) is 11.8 Å². The van der Waals surface area contributed by atoms with Gasteiger partial charge in [-0.3, -0.25) is 9.48 Å². The summed E-state index contributed by atoms with van der Waals surface area (Å²) in [7, 11) is 0. The van der Waals surface area contributed by atoms with Crippen molar-refractivity contribution >= 4 is 17.5 Å². The van der Waals surface area contributed by atoms with E-state index in [0.717, 1.165) is 5.69 Å². The summed E-state index contributed by atoms with van der Waals surface area (Å²) in [6, 6.07) is 2.56. The predicted octanol–water partition coefficient (Wildman–Crippen LogP) is 2.86. The zero-order valence-electron chi connectivity index (χ0n) is 10.4. The van der Waals surface area contributed by atoms with Crippen molar-refractivity contribution in [2.45, 2.75) is 44.6 Å². The van der Waals surface area contributed by atoms with E-state index in [9.17, 15) is 4.79 Å². The Morgan fingerprint density at radius 1 is 1.47 bits per heavy atom. The Kier molecular flexibility index (Phi) is 4.66. The molecule has 1 aromatic heterocycles. The fourth-order valence-corrected chi connectivity index (χ4v) is 2.86. The molecule has 2 rings (SSSR count). The molecule has 1 aromatic rings. The Morgan fingerprint density at radius 3 is 2.94 bits per heavy atom. The highest BCUT2D eigenvalue weighted by Crippen LogP contribution is 2.27. The molecule has 0 saturated heterocycles. The molecule has 0 unspecified atom stereocenters. The number of ketones is 1. The average Bonchev–Trinajstić information content (AvgIpc) is 2.79. The van der Waals surface area contributed by atoms with Crippen LogP contribution in [0.1, 0.15) is 43.8 Å². The van der Waals surface area contributed by atoms with E-state index >= 15 is 0 Å². The molecule has 1 aliphatic rings. The third kappa shape index (κ3) is 3.60. The van der Waals surface area contributed by atoms with E-state index in [1.807, 2.05) is 18.5 Å². The molecule has 0 amide bonds. The van der Waals surface area contributed by atoms with Crippen LogP contribution in [-0.4, -0.2) is 27.6 Å². The molecule has 0 aromatic carbocycles. The molecule has 4 heteroatoms. The SMILES string of the molecule is CSCC(=O)Cc1ccn(C2CCCCC2)n1. The number of hydrogen-bond donors (Lipinski definition) is 0. The van der Waals surface area contributed by atoms with Crippen molar-refractivity contribution in [3.8, 4) is 0 Å². The molecule has 0 spiro atoms. The summed E-state index contributed by atoms with van der Waals surface area (Å²) < 4.78 is 2.07. The molecular weight excluding hydrogens is 232 g/mol. The molecule has 0 bridgehead atoms. The zero-order chi connectivity index (χ0) is 12.1. The van der Waals surface area contributed by atoms with E-state index in [-0.39, 0.29) is 5.78 Å². The van der Waals surface area contributed by atoms with Crippen molar-refractivity contribution in [1.82, 2.24) is 9.78 Å². The molecule has 3 nitrogen and oxygen atoms in total. The van der Waals surface area contributed by atoms with Gasteiger partial charge in [0.2, 0.25) is 0 Å². The van der Waals surface area contributed by atoms with Gasteiger partial charge in [0.25, 0.3) is 0 Å². The van der Waals surface area contributed by atoms with Crippen LogP contribution in [0.25, 0.3) is 0 Å². The van der Waals surface area contributed by atoms with Gasteiger partial charge in [0.05, 0.1) is 23.9 Å². The van der Waals surface area contributed by atoms with Gasteiger partial charge in [-0.15, -0.1) is 0 Å². The summed E-state index contributed by atoms with van der Waals surface area (Å²) >= 11 is 1.58. The highest BCUT2D eigenvalue weighted by Gasteiger charge is 2.16. The largest absolute Gasteiger partial charge is 0.298 e. The standard InChI is InChI=1S/C13H20N2OS/c1-17-10-13(16)9-11-7-8-15(14-11)12-5-3-2-4-6-12/h7-8,12H,2-6,9-10H2,1H3. The normalized spacial score (nSPS) is 17.2. The van der Waals surface area contributed by atoms with Crippen molar-refractivity contribution in [2.24, 2.45) is 0 Å². The Bertz CT molecular complexity index is 369. The van der Waals surface area contributed by atoms with Crippen molar-refractivity contribution < 1.29 is 4.79 Å². The maximum atomic E-state index is 11.5. The average molecular weight is 252 g/mol. The number of nitrogens with zero attached hydrogens (tertiary/aromatic N) is 2. The maximum absolute atomic E-state index is 11.5. The van der Waals surface area contributed by atoms with Gasteiger partial charge in [-0.1, -0.05) is 19.3 Å². The first-order valence-corrected chi connectivity index (χ1v) is 7.73. The van der Waals surface area contributed by atoms with Gasteiger partial charge in [0.1, 0.15) is 5.78 Å². The maximum Gasteiger partial charge on any atom is 0.148 e. The molecule has 1 fully saturated rings. The lowest BCUT2D eigenvalue weighted by molar-refractivity contribution is -0.116. The first-order chi connectivity index (χ1) is 8.29. The Labute approximate surface area is 107 Å². The van der Waals surface area contributed by atoms with Crippen molar-refractivity contribution in [3.63, 3.8) is 0 Å². The van der Waals surface area contributed by atoms with Crippen LogP contribution in [0.4, 0.5) is 0 Å². The minimum absolute atomic E-state index is 0.270. The summed E-state index contributed by atoms with van der Waals surface area (Å²) in [5.74, 6) is 0.863. The first-order valence-electron chi connectivity index (χ1n) is 6.34. The highest BCUT2D eigenvalue weighted by molar-refractivity contribution is 7.99. The number of aromatic nitrogens is 2. The minimum Gasteiger partial charge on any atom is -0.298 e. The van der Waals surface area contributed by atoms with Crippen LogP contribution in [0.2, 0.25) is 0 Å². The lowest BCUT2D eigenvalue weighted by Gasteiger charge is -2.21. The van der Waals surface area contributed by atoms with E-state index < -0.39 is 0 Å². The van der Waals surface area contributed by atoms with Gasteiger partial charge in [0, 0.05) is 6.20 Å². The summed E-state index contributed by atoms with van der Waals surface area (Å²) in [4.78, 5) is 11.5. The summed E-state index contributed by atoms with van der Waals surface area (Å²) in [5.41, 5.74) is 0.926. The molecule has 1 aliphatic carbocycles. The van der Waals surface area contributed by atoms with Gasteiger partial charge in [-0.25, -0.2) is 0 Å². The number of hydrogen-bond acceptors (Lipinski definition) is 3. The van der Waals surface area contributed by atoms with Gasteiger partial charge in [-0.05, 0) is 25.2 Å². The van der Waals surface area contributed by atoms with Crippen molar-refractivity contribution in [3.05, 3.63) is 18.0 Å². The lowest BCUT2D eigenvalue weighted by Crippen LogP contribution is -2.14. The molecule has 17 heavy (non-hydrogen) atoms. The molecule has 1 heterocycles. The molecule has 0 radical (unpaired) electrons. The molecule has 0 N–H and O–H groups in total. The second kappa shape index (κ2) is 6.24. The van der Waals surface area contributed by atoms with Crippen LogP contribution in [0.3, 0.4) is 0 Å². The molecular formula is C13H20N2OS. The third-order valence-electron chi connectivity index (χ3n) is 3.30. The molecule has 0 atom stereocenters. The second-order valence-corrected chi connectivity index (χ2v) is 5.59. The van der Waals surface area contributed by atoms with Crippen LogP contribution in [0.15, 0.2) is 12.3 Å². The smallest absolute Gasteiger partial charge is 0.148 e. The van der Waals surface area contributed by atoms with Crippen molar-refractivity contribution in [1.29, 1.82) is 0 Å². The van der Waals surface area contributed by atoms with E-state index in [0.29, 0.717) is 18.2 Å². The van der Waals surface area contributed by atoms with Gasteiger partial charge >= 0.3 is 0 Å². The van der Waals surface area contributed by atoms with E-state index in [2.05, 4.69) is 9.78 Å². The summed E-state index contributed by atoms with van der Waals surface area (Å²) in [5, 5.41) is 4.54. The minimum atomic E-state index is 0.270. The fraction of sp³-hybridized carbons (Fsp3) is 0.692. The molecule has 1 saturated carbocycles. The monoisotopic (exact) mass is 252 g/mol. The van der Waals surface area contributed by atoms with Gasteiger partial charge < -0.3 is 0 Å². The number of Topliss-reactive ketones (excluding diaryl/α,β-unsaturated/α-hetero) is 1. The molecule has 94 valence electrons. The van der Waals surface area contributed by atoms with Crippen molar-refractivity contribution in [2.75, 3.05) is 12.0 Å². The number of carbonyl (C=O) groups is 1. The first kappa shape index (κ1) is 12.7. The Morgan fingerprint density at radius 2 is 2.24 bits per heavy atom. The van der Waals surface area contributed by atoms with Crippen LogP contribution in [-0.2, 0) is 11.2 Å². The fourth-order valence-electron chi connectivity index (χ4n) is 2.43. The number of rotatable bonds is 5. The predicted molar refractivity (Wildman–Crippen MR) is 71.4 cm³/mol. The highest BCUT2D eigenvalue weighted by atomic mass is 32.2. The summed E-state index contributed by atoms with van der Waals surface area (Å²) in [6.07, 6.45) is 10.9. The van der Waals surface area contributed by atoms with E-state index in [1.165, 1.54) is 32.1 Å². The van der Waals surface area contributed by atoms with Crippen LogP contribution < -0.4 is 0 Å².